The van der Waals surface area contributed by atoms with Crippen molar-refractivity contribution in [2.24, 2.45) is 0 Å². The second kappa shape index (κ2) is 6.12. The van der Waals surface area contributed by atoms with Crippen LogP contribution < -0.4 is 5.32 Å². The molecule has 1 atom stereocenters. The van der Waals surface area contributed by atoms with Gasteiger partial charge in [0.15, 0.2) is 0 Å². The highest BCUT2D eigenvalue weighted by atomic mass is 32.1. The van der Waals surface area contributed by atoms with Gasteiger partial charge in [-0.2, -0.15) is 0 Å². The minimum atomic E-state index is 0.620. The Bertz CT molecular complexity index is 431. The van der Waals surface area contributed by atoms with Crippen molar-refractivity contribution < 1.29 is 0 Å². The summed E-state index contributed by atoms with van der Waals surface area (Å²) in [6.45, 7) is 5.51. The minimum Gasteiger partial charge on any atom is -0.314 e. The quantitative estimate of drug-likeness (QED) is 0.844. The Morgan fingerprint density at radius 1 is 1.35 bits per heavy atom. The van der Waals surface area contributed by atoms with Crippen molar-refractivity contribution in [3.63, 3.8) is 0 Å². The molecule has 17 heavy (non-hydrogen) atoms. The highest BCUT2D eigenvalue weighted by Crippen LogP contribution is 2.21. The van der Waals surface area contributed by atoms with Crippen molar-refractivity contribution >= 4 is 21.6 Å². The molecule has 1 N–H and O–H groups in total. The zero-order chi connectivity index (χ0) is 12.1. The fraction of sp³-hybridized carbons (Fsp3) is 0.500. The van der Waals surface area contributed by atoms with Crippen LogP contribution in [-0.4, -0.2) is 17.6 Å². The third kappa shape index (κ3) is 3.51. The van der Waals surface area contributed by atoms with Crippen LogP contribution in [0.2, 0.25) is 0 Å². The monoisotopic (exact) mass is 248 g/mol. The molecule has 0 spiro atoms. The third-order valence-corrected chi connectivity index (χ3v) is 3.99. The van der Waals surface area contributed by atoms with E-state index in [0.29, 0.717) is 6.04 Å². The van der Waals surface area contributed by atoms with E-state index in [1.54, 1.807) is 0 Å². The van der Waals surface area contributed by atoms with Gasteiger partial charge in [-0.15, -0.1) is 11.3 Å². The third-order valence-electron chi connectivity index (χ3n) is 2.89. The SMILES string of the molecule is CCCC(C)NCCc1nc2ccccc2s1. The number of fused-ring (bicyclic) bond motifs is 1. The molecule has 0 aliphatic rings. The van der Waals surface area contributed by atoms with Gasteiger partial charge >= 0.3 is 0 Å². The molecule has 3 heteroatoms. The minimum absolute atomic E-state index is 0.620. The molecule has 0 radical (unpaired) electrons. The fourth-order valence-electron chi connectivity index (χ4n) is 1.99. The van der Waals surface area contributed by atoms with Gasteiger partial charge in [0.1, 0.15) is 0 Å². The topological polar surface area (TPSA) is 24.9 Å². The van der Waals surface area contributed by atoms with Crippen LogP contribution in [0.5, 0.6) is 0 Å². The van der Waals surface area contributed by atoms with Crippen LogP contribution >= 0.6 is 11.3 Å². The van der Waals surface area contributed by atoms with Gasteiger partial charge in [0.2, 0.25) is 0 Å². The molecule has 0 saturated heterocycles. The Hall–Kier alpha value is -0.930. The second-order valence-electron chi connectivity index (χ2n) is 4.47. The number of benzene rings is 1. The Balaban J connectivity index is 1.86. The van der Waals surface area contributed by atoms with Crippen LogP contribution in [0.25, 0.3) is 10.2 Å². The molecule has 0 saturated carbocycles. The summed E-state index contributed by atoms with van der Waals surface area (Å²) in [6.07, 6.45) is 3.53. The molecular formula is C14H20N2S. The van der Waals surface area contributed by atoms with E-state index in [1.807, 2.05) is 17.4 Å². The van der Waals surface area contributed by atoms with Gasteiger partial charge < -0.3 is 5.32 Å². The maximum atomic E-state index is 4.63. The van der Waals surface area contributed by atoms with Gasteiger partial charge in [-0.1, -0.05) is 25.5 Å². The molecule has 2 aromatic rings. The van der Waals surface area contributed by atoms with Gasteiger partial charge in [0.05, 0.1) is 15.2 Å². The van der Waals surface area contributed by atoms with Gasteiger partial charge in [0, 0.05) is 19.0 Å². The molecule has 2 rings (SSSR count). The Morgan fingerprint density at radius 3 is 2.94 bits per heavy atom. The van der Waals surface area contributed by atoms with E-state index in [1.165, 1.54) is 22.5 Å². The number of hydrogen-bond acceptors (Lipinski definition) is 3. The first-order valence-electron chi connectivity index (χ1n) is 6.37. The molecule has 0 bridgehead atoms. The first-order chi connectivity index (χ1) is 8.29. The van der Waals surface area contributed by atoms with Crippen LogP contribution in [-0.2, 0) is 6.42 Å². The molecule has 92 valence electrons. The number of hydrogen-bond donors (Lipinski definition) is 1. The molecule has 0 aliphatic carbocycles. The lowest BCUT2D eigenvalue weighted by Crippen LogP contribution is -2.27. The Labute approximate surface area is 107 Å². The van der Waals surface area contributed by atoms with Crippen molar-refractivity contribution in [1.82, 2.24) is 10.3 Å². The molecule has 1 aromatic heterocycles. The van der Waals surface area contributed by atoms with E-state index in [2.05, 4.69) is 42.3 Å². The van der Waals surface area contributed by atoms with Gasteiger partial charge in [-0.3, -0.25) is 0 Å². The van der Waals surface area contributed by atoms with Crippen LogP contribution in [0, 0.1) is 0 Å². The van der Waals surface area contributed by atoms with Crippen molar-refractivity contribution in [2.75, 3.05) is 6.54 Å². The normalized spacial score (nSPS) is 13.1. The number of para-hydroxylation sites is 1. The van der Waals surface area contributed by atoms with E-state index >= 15 is 0 Å². The molecule has 0 amide bonds. The summed E-state index contributed by atoms with van der Waals surface area (Å²) in [5.41, 5.74) is 1.13. The Kier molecular flexibility index (Phi) is 4.51. The van der Waals surface area contributed by atoms with Crippen LogP contribution in [0.4, 0.5) is 0 Å². The highest BCUT2D eigenvalue weighted by Gasteiger charge is 2.04. The average molecular weight is 248 g/mol. The van der Waals surface area contributed by atoms with Gasteiger partial charge in [-0.05, 0) is 25.5 Å². The number of aromatic nitrogens is 1. The van der Waals surface area contributed by atoms with Gasteiger partial charge in [-0.25, -0.2) is 4.98 Å². The van der Waals surface area contributed by atoms with E-state index < -0.39 is 0 Å². The molecule has 2 nitrogen and oxygen atoms in total. The molecule has 1 unspecified atom stereocenters. The predicted molar refractivity (Wildman–Crippen MR) is 75.7 cm³/mol. The number of nitrogens with one attached hydrogen (secondary N) is 1. The first-order valence-corrected chi connectivity index (χ1v) is 7.19. The maximum Gasteiger partial charge on any atom is 0.0951 e. The largest absolute Gasteiger partial charge is 0.314 e. The van der Waals surface area contributed by atoms with E-state index in [9.17, 15) is 0 Å². The summed E-state index contributed by atoms with van der Waals surface area (Å²) in [5.74, 6) is 0. The second-order valence-corrected chi connectivity index (χ2v) is 5.58. The lowest BCUT2D eigenvalue weighted by molar-refractivity contribution is 0.512. The molecular weight excluding hydrogens is 228 g/mol. The number of thiazole rings is 1. The summed E-state index contributed by atoms with van der Waals surface area (Å²) in [4.78, 5) is 4.63. The van der Waals surface area contributed by atoms with Crippen LogP contribution in [0.15, 0.2) is 24.3 Å². The smallest absolute Gasteiger partial charge is 0.0951 e. The summed E-state index contributed by atoms with van der Waals surface area (Å²) in [7, 11) is 0. The highest BCUT2D eigenvalue weighted by molar-refractivity contribution is 7.18. The molecule has 0 fully saturated rings. The van der Waals surface area contributed by atoms with Crippen LogP contribution in [0.1, 0.15) is 31.7 Å². The molecule has 0 aliphatic heterocycles. The molecule has 1 heterocycles. The Morgan fingerprint density at radius 2 is 2.18 bits per heavy atom. The van der Waals surface area contributed by atoms with Crippen LogP contribution in [0.3, 0.4) is 0 Å². The fourth-order valence-corrected chi connectivity index (χ4v) is 2.95. The number of nitrogens with zero attached hydrogens (tertiary/aromatic N) is 1. The first kappa shape index (κ1) is 12.5. The summed E-state index contributed by atoms with van der Waals surface area (Å²) in [6, 6.07) is 8.97. The average Bonchev–Trinajstić information content (AvgIpc) is 2.71. The summed E-state index contributed by atoms with van der Waals surface area (Å²) in [5, 5.41) is 4.78. The lowest BCUT2D eigenvalue weighted by Gasteiger charge is -2.11. The predicted octanol–water partition coefficient (Wildman–Crippen LogP) is 3.62. The van der Waals surface area contributed by atoms with E-state index in [-0.39, 0.29) is 0 Å². The lowest BCUT2D eigenvalue weighted by atomic mass is 10.2. The summed E-state index contributed by atoms with van der Waals surface area (Å²) >= 11 is 1.81. The standard InChI is InChI=1S/C14H20N2S/c1-3-6-11(2)15-10-9-14-16-12-7-4-5-8-13(12)17-14/h4-5,7-8,11,15H,3,6,9-10H2,1-2H3. The zero-order valence-corrected chi connectivity index (χ0v) is 11.4. The summed E-state index contributed by atoms with van der Waals surface area (Å²) < 4.78 is 1.30. The number of rotatable bonds is 6. The van der Waals surface area contributed by atoms with E-state index in [0.717, 1.165) is 18.5 Å². The van der Waals surface area contributed by atoms with E-state index in [4.69, 9.17) is 0 Å². The van der Waals surface area contributed by atoms with Crippen molar-refractivity contribution in [2.45, 2.75) is 39.2 Å². The maximum absolute atomic E-state index is 4.63. The zero-order valence-electron chi connectivity index (χ0n) is 10.6. The molecule has 1 aromatic carbocycles. The van der Waals surface area contributed by atoms with Crippen molar-refractivity contribution in [1.29, 1.82) is 0 Å². The van der Waals surface area contributed by atoms with Gasteiger partial charge in [0.25, 0.3) is 0 Å². The van der Waals surface area contributed by atoms with Crippen molar-refractivity contribution in [3.05, 3.63) is 29.3 Å². The van der Waals surface area contributed by atoms with Crippen molar-refractivity contribution in [3.8, 4) is 0 Å².